The van der Waals surface area contributed by atoms with E-state index in [1.165, 1.54) is 27.1 Å². The van der Waals surface area contributed by atoms with E-state index in [1.54, 1.807) is 36.3 Å². The Morgan fingerprint density at radius 2 is 1.55 bits per heavy atom. The van der Waals surface area contributed by atoms with Crippen molar-refractivity contribution in [1.82, 2.24) is 19.6 Å². The predicted molar refractivity (Wildman–Crippen MR) is 214 cm³/mol. The summed E-state index contributed by atoms with van der Waals surface area (Å²) in [6.45, 7) is 14.8. The van der Waals surface area contributed by atoms with Crippen LogP contribution in [0.1, 0.15) is 82.9 Å². The van der Waals surface area contributed by atoms with Gasteiger partial charge in [0.2, 0.25) is 31.7 Å². The minimum atomic E-state index is -3.97. The van der Waals surface area contributed by atoms with E-state index in [0.717, 1.165) is 37.7 Å². The van der Waals surface area contributed by atoms with Crippen molar-refractivity contribution in [3.8, 4) is 17.4 Å². The third kappa shape index (κ3) is 9.34. The molecule has 3 aromatic rings. The van der Waals surface area contributed by atoms with Gasteiger partial charge in [0.05, 0.1) is 36.7 Å². The molecule has 17 heteroatoms. The summed E-state index contributed by atoms with van der Waals surface area (Å²) in [5.74, 6) is 0.522. The smallest absolute Gasteiger partial charge is 0.280 e. The van der Waals surface area contributed by atoms with E-state index in [2.05, 4.69) is 24.6 Å². The van der Waals surface area contributed by atoms with Crippen molar-refractivity contribution in [3.63, 3.8) is 0 Å². The van der Waals surface area contributed by atoms with Gasteiger partial charge in [-0.25, -0.2) is 26.5 Å². The summed E-state index contributed by atoms with van der Waals surface area (Å²) < 4.78 is 74.6. The highest BCUT2D eigenvalue weighted by atomic mass is 32.2. The number of sulfonamides is 2. The first-order valence-electron chi connectivity index (χ1n) is 18.2. The molecule has 1 fully saturated rings. The van der Waals surface area contributed by atoms with Crippen LogP contribution in [-0.4, -0.2) is 96.7 Å². The zero-order chi connectivity index (χ0) is 40.7. The Morgan fingerprint density at radius 1 is 0.927 bits per heavy atom. The number of likely N-dealkylation sites (tertiary alicyclic amines) is 1. The van der Waals surface area contributed by atoms with Gasteiger partial charge in [-0.05, 0) is 66.1 Å². The molecule has 55 heavy (non-hydrogen) atoms. The number of nitrogens with one attached hydrogen (secondary N) is 3. The Morgan fingerprint density at radius 3 is 2.11 bits per heavy atom. The summed E-state index contributed by atoms with van der Waals surface area (Å²) in [4.78, 5) is 28.1. The lowest BCUT2D eigenvalue weighted by Gasteiger charge is -2.39. The van der Waals surface area contributed by atoms with Gasteiger partial charge in [-0.2, -0.15) is 4.98 Å². The molecule has 2 atom stereocenters. The van der Waals surface area contributed by atoms with Crippen LogP contribution in [-0.2, 0) is 46.8 Å². The fraction of sp³-hybridized carbons (Fsp3) is 0.553. The van der Waals surface area contributed by atoms with Crippen LogP contribution in [0.15, 0.2) is 36.5 Å². The number of likely N-dealkylation sites (N-methyl/N-ethyl adjacent to an activating group) is 1. The van der Waals surface area contributed by atoms with Crippen LogP contribution in [0.5, 0.6) is 17.4 Å². The van der Waals surface area contributed by atoms with Gasteiger partial charge in [0.1, 0.15) is 11.9 Å². The molecular weight excluding hydrogens is 747 g/mol. The second-order valence-corrected chi connectivity index (χ2v) is 19.9. The molecule has 2 aliphatic heterocycles. The molecule has 0 bridgehead atoms. The molecule has 3 heterocycles. The Hall–Kier alpha value is -4.03. The van der Waals surface area contributed by atoms with Crippen molar-refractivity contribution >= 4 is 43.0 Å². The van der Waals surface area contributed by atoms with Gasteiger partial charge in [-0.15, -0.1) is 0 Å². The van der Waals surface area contributed by atoms with Crippen molar-refractivity contribution in [2.45, 2.75) is 83.4 Å². The van der Waals surface area contributed by atoms with Crippen molar-refractivity contribution in [2.24, 2.45) is 0 Å². The quantitative estimate of drug-likeness (QED) is 0.213. The number of hydrogen-bond acceptors (Lipinski definition) is 12. The highest BCUT2D eigenvalue weighted by molar-refractivity contribution is 7.92. The zero-order valence-corrected chi connectivity index (χ0v) is 35.3. The summed E-state index contributed by atoms with van der Waals surface area (Å²) in [6.07, 6.45) is 6.68. The van der Waals surface area contributed by atoms with Crippen LogP contribution in [0.25, 0.3) is 0 Å². The number of ether oxygens (including phenoxy) is 3. The van der Waals surface area contributed by atoms with E-state index in [9.17, 15) is 21.6 Å². The van der Waals surface area contributed by atoms with Gasteiger partial charge in [-0.3, -0.25) is 9.52 Å². The van der Waals surface area contributed by atoms with E-state index in [-0.39, 0.29) is 23.0 Å². The number of anilines is 3. The number of aromatic nitrogens is 2. The van der Waals surface area contributed by atoms with Crippen LogP contribution in [0.2, 0.25) is 0 Å². The summed E-state index contributed by atoms with van der Waals surface area (Å²) in [5.41, 5.74) is -0.375. The van der Waals surface area contributed by atoms with Crippen LogP contribution < -0.4 is 29.1 Å². The lowest BCUT2D eigenvalue weighted by molar-refractivity contribution is -0.139. The second kappa shape index (κ2) is 15.5. The van der Waals surface area contributed by atoms with E-state index < -0.39 is 48.6 Å². The Kier molecular flexibility index (Phi) is 11.9. The molecule has 302 valence electrons. The van der Waals surface area contributed by atoms with E-state index in [0.29, 0.717) is 34.8 Å². The Bertz CT molecular complexity index is 2140. The van der Waals surface area contributed by atoms with Crippen molar-refractivity contribution < 1.29 is 35.8 Å². The lowest BCUT2D eigenvalue weighted by atomic mass is 9.84. The van der Waals surface area contributed by atoms with Crippen molar-refractivity contribution in [3.05, 3.63) is 59.0 Å². The normalized spacial score (nSPS) is 19.3. The first kappa shape index (κ1) is 42.1. The molecule has 2 aromatic carbocycles. The van der Waals surface area contributed by atoms with Crippen molar-refractivity contribution in [2.75, 3.05) is 68.4 Å². The largest absolute Gasteiger partial charge is 0.492 e. The minimum absolute atomic E-state index is 0.0483. The molecule has 1 saturated heterocycles. The van der Waals surface area contributed by atoms with E-state index in [4.69, 9.17) is 19.2 Å². The third-order valence-electron chi connectivity index (χ3n) is 9.92. The van der Waals surface area contributed by atoms with Gasteiger partial charge >= 0.3 is 0 Å². The summed E-state index contributed by atoms with van der Waals surface area (Å²) in [6, 6.07) is 7.42. The molecule has 0 saturated carbocycles. The maximum absolute atomic E-state index is 15.0. The Labute approximate surface area is 325 Å². The molecule has 1 amide bonds. The van der Waals surface area contributed by atoms with Gasteiger partial charge < -0.3 is 29.3 Å². The highest BCUT2D eigenvalue weighted by Crippen LogP contribution is 2.53. The number of carbonyl (C=O) groups is 1. The summed E-state index contributed by atoms with van der Waals surface area (Å²) in [7, 11) is -3.43. The minimum Gasteiger partial charge on any atom is -0.492 e. The van der Waals surface area contributed by atoms with Crippen LogP contribution >= 0.6 is 0 Å². The molecule has 15 nitrogen and oxygen atoms in total. The zero-order valence-electron chi connectivity index (χ0n) is 33.7. The molecular formula is C38H55N7O8S2. The Balaban J connectivity index is 1.65. The first-order valence-corrected chi connectivity index (χ1v) is 21.9. The average Bonchev–Trinajstić information content (AvgIpc) is 3.66. The maximum Gasteiger partial charge on any atom is 0.280 e. The molecule has 3 N–H and O–H groups in total. The van der Waals surface area contributed by atoms with Gasteiger partial charge in [0, 0.05) is 44.9 Å². The number of rotatable bonds is 13. The van der Waals surface area contributed by atoms with Crippen molar-refractivity contribution in [1.29, 1.82) is 0 Å². The predicted octanol–water partition coefficient (Wildman–Crippen LogP) is 4.90. The lowest BCUT2D eigenvalue weighted by Crippen LogP contribution is -2.61. The highest BCUT2D eigenvalue weighted by Gasteiger charge is 2.59. The molecule has 0 radical (unpaired) electrons. The summed E-state index contributed by atoms with van der Waals surface area (Å²) >= 11 is 0. The van der Waals surface area contributed by atoms with E-state index in [1.807, 2.05) is 53.7 Å². The average molecular weight is 802 g/mol. The second-order valence-electron chi connectivity index (χ2n) is 16.3. The number of nitrogens with zero attached hydrogens (tertiary/aromatic N) is 4. The molecule has 1 aromatic heterocycles. The third-order valence-corrected chi connectivity index (χ3v) is 11.2. The van der Waals surface area contributed by atoms with Gasteiger partial charge in [0.15, 0.2) is 11.5 Å². The standard InChI is InChI=1S/C38H55N7O8S2/c1-36(2,3)24-20-26-32(29(23-24)53-31-14-16-39-30(41-31)15-19-45-17-12-13-18-45)44(7)38(52-9,34(26)43-55(11,49)50)35(46)40-27-21-25(37(4,5)6)22-28(33(27)51-8)42-54(10,47)48/h14,16,20-23,34,42-43H,12-13,15,17-19H2,1-11H3,(H,40,46). The number of fused-ring (bicyclic) bond motifs is 1. The fourth-order valence-electron chi connectivity index (χ4n) is 7.07. The molecule has 0 aliphatic carbocycles. The van der Waals surface area contributed by atoms with E-state index >= 15 is 0 Å². The number of hydrogen-bond donors (Lipinski definition) is 3. The van der Waals surface area contributed by atoms with Crippen LogP contribution in [0.4, 0.5) is 17.1 Å². The van der Waals surface area contributed by atoms with Gasteiger partial charge in [-0.1, -0.05) is 47.6 Å². The molecule has 2 unspecified atom stereocenters. The summed E-state index contributed by atoms with van der Waals surface area (Å²) in [5, 5.41) is 2.91. The monoisotopic (exact) mass is 801 g/mol. The number of benzene rings is 2. The van der Waals surface area contributed by atoms with Gasteiger partial charge in [0.25, 0.3) is 5.91 Å². The molecule has 0 spiro atoms. The number of methoxy groups -OCH3 is 2. The number of carbonyl (C=O) groups excluding carboxylic acids is 1. The first-order chi connectivity index (χ1) is 25.5. The van der Waals surface area contributed by atoms with Crippen LogP contribution in [0, 0.1) is 0 Å². The number of amides is 1. The maximum atomic E-state index is 15.0. The fourth-order valence-corrected chi connectivity index (χ4v) is 8.34. The van der Waals surface area contributed by atoms with Crippen LogP contribution in [0.3, 0.4) is 0 Å². The molecule has 5 rings (SSSR count). The SMILES string of the molecule is COc1c(NC(=O)C2(OC)C(NS(C)(=O)=O)c3cc(C(C)(C)C)cc(Oc4ccnc(CCN5CCCC5)n4)c3N2C)cc(C(C)(C)C)cc1NS(C)(=O)=O. The molecule has 2 aliphatic rings. The topological polar surface area (TPSA) is 181 Å².